The zero-order chi connectivity index (χ0) is 15.0. The third-order valence-electron chi connectivity index (χ3n) is 4.26. The first-order chi connectivity index (χ1) is 10.1. The fraction of sp³-hybridized carbons (Fsp3) is 0.278. The normalized spacial score (nSPS) is 16.7. The lowest BCUT2D eigenvalue weighted by Gasteiger charge is -2.20. The van der Waals surface area contributed by atoms with Gasteiger partial charge in [0.05, 0.1) is 6.42 Å². The molecule has 0 aromatic heterocycles. The maximum absolute atomic E-state index is 11.8. The average molecular weight is 344 g/mol. The smallest absolute Gasteiger partial charge is 0.231 e. The molecule has 3 rings (SSSR count). The number of benzene rings is 2. The van der Waals surface area contributed by atoms with Crippen LogP contribution in [-0.4, -0.2) is 13.0 Å². The van der Waals surface area contributed by atoms with Crippen molar-refractivity contribution in [1.29, 1.82) is 0 Å². The van der Waals surface area contributed by atoms with Gasteiger partial charge in [-0.3, -0.25) is 4.79 Å². The maximum atomic E-state index is 11.8. The molecule has 0 spiro atoms. The van der Waals surface area contributed by atoms with E-state index in [1.54, 1.807) is 4.90 Å². The zero-order valence-corrected chi connectivity index (χ0v) is 13.8. The van der Waals surface area contributed by atoms with E-state index in [0.29, 0.717) is 12.3 Å². The molecule has 0 bridgehead atoms. The Morgan fingerprint density at radius 1 is 1.10 bits per heavy atom. The number of nitrogens with zero attached hydrogens (tertiary/aromatic N) is 1. The first kappa shape index (κ1) is 14.3. The summed E-state index contributed by atoms with van der Waals surface area (Å²) in [6.45, 7) is 2.22. The molecular formula is C18H18BrNO. The van der Waals surface area contributed by atoms with Crippen molar-refractivity contribution in [3.8, 4) is 0 Å². The lowest BCUT2D eigenvalue weighted by atomic mass is 9.92. The van der Waals surface area contributed by atoms with E-state index in [4.69, 9.17) is 0 Å². The Bertz CT molecular complexity index is 668. The minimum atomic E-state index is 0.171. The Labute approximate surface area is 133 Å². The Balaban J connectivity index is 1.88. The topological polar surface area (TPSA) is 20.3 Å². The van der Waals surface area contributed by atoms with E-state index in [2.05, 4.69) is 65.3 Å². The number of amides is 1. The summed E-state index contributed by atoms with van der Waals surface area (Å²) in [5.74, 6) is 0.545. The molecule has 2 nitrogen and oxygen atoms in total. The number of rotatable bonds is 3. The van der Waals surface area contributed by atoms with Gasteiger partial charge < -0.3 is 4.90 Å². The molecule has 0 radical (unpaired) electrons. The first-order valence-electron chi connectivity index (χ1n) is 7.16. The van der Waals surface area contributed by atoms with Gasteiger partial charge in [0.15, 0.2) is 0 Å². The highest BCUT2D eigenvalue weighted by Crippen LogP contribution is 2.40. The van der Waals surface area contributed by atoms with E-state index in [9.17, 15) is 4.79 Å². The molecule has 0 aliphatic carbocycles. The predicted molar refractivity (Wildman–Crippen MR) is 90.1 cm³/mol. The summed E-state index contributed by atoms with van der Waals surface area (Å²) in [6, 6.07) is 16.8. The molecule has 1 heterocycles. The molecule has 3 heteroatoms. The Kier molecular flexibility index (Phi) is 3.85. The molecule has 0 saturated heterocycles. The van der Waals surface area contributed by atoms with Crippen molar-refractivity contribution in [3.63, 3.8) is 0 Å². The van der Waals surface area contributed by atoms with Gasteiger partial charge in [-0.2, -0.15) is 0 Å². The quantitative estimate of drug-likeness (QED) is 0.754. The third kappa shape index (κ3) is 2.62. The van der Waals surface area contributed by atoms with Gasteiger partial charge in [-0.15, -0.1) is 0 Å². The van der Waals surface area contributed by atoms with Crippen LogP contribution in [0.2, 0.25) is 0 Å². The highest BCUT2D eigenvalue weighted by Gasteiger charge is 2.26. The standard InChI is InChI=1S/C18H18BrNO/c1-12(13-6-4-3-5-7-13)18(19)14-8-9-16-15(10-14)11-17(21)20(16)2/h3-10,12,18H,11H2,1-2H3. The van der Waals surface area contributed by atoms with Crippen LogP contribution in [-0.2, 0) is 11.2 Å². The van der Waals surface area contributed by atoms with Crippen molar-refractivity contribution in [2.75, 3.05) is 11.9 Å². The number of halogens is 1. The van der Waals surface area contributed by atoms with E-state index in [-0.39, 0.29) is 10.7 Å². The van der Waals surface area contributed by atoms with Crippen LogP contribution in [0.25, 0.3) is 0 Å². The van der Waals surface area contributed by atoms with E-state index in [0.717, 1.165) is 11.3 Å². The molecule has 2 unspecified atom stereocenters. The fourth-order valence-electron chi connectivity index (χ4n) is 2.88. The number of hydrogen-bond donors (Lipinski definition) is 0. The zero-order valence-electron chi connectivity index (χ0n) is 12.2. The second kappa shape index (κ2) is 5.64. The Morgan fingerprint density at radius 2 is 1.81 bits per heavy atom. The maximum Gasteiger partial charge on any atom is 0.231 e. The number of anilines is 1. The Morgan fingerprint density at radius 3 is 2.52 bits per heavy atom. The van der Waals surface area contributed by atoms with Crippen LogP contribution in [0.4, 0.5) is 5.69 Å². The van der Waals surface area contributed by atoms with Crippen LogP contribution < -0.4 is 4.90 Å². The van der Waals surface area contributed by atoms with Gasteiger partial charge >= 0.3 is 0 Å². The third-order valence-corrected chi connectivity index (χ3v) is 5.59. The molecule has 108 valence electrons. The van der Waals surface area contributed by atoms with Gasteiger partial charge in [-0.1, -0.05) is 65.3 Å². The average Bonchev–Trinajstić information content (AvgIpc) is 2.81. The molecule has 1 amide bonds. The number of alkyl halides is 1. The summed E-state index contributed by atoms with van der Waals surface area (Å²) >= 11 is 3.83. The number of hydrogen-bond acceptors (Lipinski definition) is 1. The van der Waals surface area contributed by atoms with Crippen LogP contribution >= 0.6 is 15.9 Å². The van der Waals surface area contributed by atoms with Gasteiger partial charge in [0.2, 0.25) is 5.91 Å². The predicted octanol–water partition coefficient (Wildman–Crippen LogP) is 4.45. The second-order valence-electron chi connectivity index (χ2n) is 5.62. The van der Waals surface area contributed by atoms with Gasteiger partial charge in [0, 0.05) is 17.6 Å². The summed E-state index contributed by atoms with van der Waals surface area (Å²) in [5, 5.41) is 0. The van der Waals surface area contributed by atoms with Gasteiger partial charge in [0.1, 0.15) is 0 Å². The second-order valence-corrected chi connectivity index (χ2v) is 6.61. The van der Waals surface area contributed by atoms with Crippen LogP contribution in [0, 0.1) is 0 Å². The van der Waals surface area contributed by atoms with Crippen LogP contribution in [0.1, 0.15) is 34.4 Å². The fourth-order valence-corrected chi connectivity index (χ4v) is 3.47. The molecule has 2 aromatic rings. The molecule has 1 aliphatic rings. The highest BCUT2D eigenvalue weighted by molar-refractivity contribution is 9.09. The highest BCUT2D eigenvalue weighted by atomic mass is 79.9. The molecule has 1 aliphatic heterocycles. The number of carbonyl (C=O) groups is 1. The van der Waals surface area contributed by atoms with Crippen LogP contribution in [0.5, 0.6) is 0 Å². The van der Waals surface area contributed by atoms with Crippen molar-refractivity contribution in [3.05, 3.63) is 65.2 Å². The van der Waals surface area contributed by atoms with Crippen molar-refractivity contribution in [2.24, 2.45) is 0 Å². The lowest BCUT2D eigenvalue weighted by Crippen LogP contribution is -2.20. The molecule has 2 atom stereocenters. The summed E-state index contributed by atoms with van der Waals surface area (Å²) in [4.78, 5) is 13.8. The molecule has 21 heavy (non-hydrogen) atoms. The first-order valence-corrected chi connectivity index (χ1v) is 8.08. The number of fused-ring (bicyclic) bond motifs is 1. The van der Waals surface area contributed by atoms with Crippen molar-refractivity contribution >= 4 is 27.5 Å². The Hall–Kier alpha value is -1.61. The van der Waals surface area contributed by atoms with Gasteiger partial charge in [-0.05, 0) is 28.7 Å². The SMILES string of the molecule is CC(c1ccccc1)C(Br)c1ccc2c(c1)CC(=O)N2C. The van der Waals surface area contributed by atoms with Crippen molar-refractivity contribution < 1.29 is 4.79 Å². The molecular weight excluding hydrogens is 326 g/mol. The molecule has 0 N–H and O–H groups in total. The van der Waals surface area contributed by atoms with E-state index in [1.807, 2.05) is 13.1 Å². The summed E-state index contributed by atoms with van der Waals surface area (Å²) in [6.07, 6.45) is 0.513. The monoisotopic (exact) mass is 343 g/mol. The molecule has 0 saturated carbocycles. The van der Waals surface area contributed by atoms with Crippen LogP contribution in [0.15, 0.2) is 48.5 Å². The summed E-state index contributed by atoms with van der Waals surface area (Å²) < 4.78 is 0. The molecule has 2 aromatic carbocycles. The minimum absolute atomic E-state index is 0.171. The molecule has 0 fully saturated rings. The van der Waals surface area contributed by atoms with E-state index >= 15 is 0 Å². The van der Waals surface area contributed by atoms with Gasteiger partial charge in [0.25, 0.3) is 0 Å². The summed E-state index contributed by atoms with van der Waals surface area (Å²) in [5.41, 5.74) is 4.71. The summed E-state index contributed by atoms with van der Waals surface area (Å²) in [7, 11) is 1.84. The van der Waals surface area contributed by atoms with E-state index < -0.39 is 0 Å². The van der Waals surface area contributed by atoms with E-state index in [1.165, 1.54) is 11.1 Å². The van der Waals surface area contributed by atoms with Crippen LogP contribution in [0.3, 0.4) is 0 Å². The van der Waals surface area contributed by atoms with Crippen molar-refractivity contribution in [1.82, 2.24) is 0 Å². The minimum Gasteiger partial charge on any atom is -0.315 e. The number of likely N-dealkylation sites (N-methyl/N-ethyl adjacent to an activating group) is 1. The van der Waals surface area contributed by atoms with Crippen molar-refractivity contribution in [2.45, 2.75) is 24.1 Å². The lowest BCUT2D eigenvalue weighted by molar-refractivity contribution is -0.117. The largest absolute Gasteiger partial charge is 0.315 e. The number of carbonyl (C=O) groups excluding carboxylic acids is 1. The van der Waals surface area contributed by atoms with Gasteiger partial charge in [-0.25, -0.2) is 0 Å².